The van der Waals surface area contributed by atoms with Gasteiger partial charge in [-0.25, -0.2) is 0 Å². The fourth-order valence-corrected chi connectivity index (χ4v) is 3.85. The van der Waals surface area contributed by atoms with E-state index in [0.29, 0.717) is 29.7 Å². The van der Waals surface area contributed by atoms with Crippen LogP contribution < -0.4 is 5.32 Å². The van der Waals surface area contributed by atoms with Crippen LogP contribution in [0.1, 0.15) is 47.8 Å². The van der Waals surface area contributed by atoms with Crippen molar-refractivity contribution in [1.29, 1.82) is 0 Å². The van der Waals surface area contributed by atoms with Crippen LogP contribution in [0.25, 0.3) is 0 Å². The molecular weight excluding hydrogens is 366 g/mol. The first-order chi connectivity index (χ1) is 13.7. The van der Waals surface area contributed by atoms with Gasteiger partial charge in [0.15, 0.2) is 0 Å². The summed E-state index contributed by atoms with van der Waals surface area (Å²) in [5.41, 5.74) is 4.76. The molecule has 0 bridgehead atoms. The molecule has 3 rings (SSSR count). The van der Waals surface area contributed by atoms with Crippen LogP contribution in [0.2, 0.25) is 0 Å². The number of nitrogens with one attached hydrogen (secondary N) is 1. The number of hydrogen-bond donors (Lipinski definition) is 1. The van der Waals surface area contributed by atoms with E-state index in [1.165, 1.54) is 4.90 Å². The highest BCUT2D eigenvalue weighted by atomic mass is 16.2. The van der Waals surface area contributed by atoms with Gasteiger partial charge in [-0.3, -0.25) is 19.3 Å². The maximum absolute atomic E-state index is 12.7. The van der Waals surface area contributed by atoms with Crippen LogP contribution in [0, 0.1) is 13.8 Å². The number of likely N-dealkylation sites (N-methyl/N-ethyl adjacent to an activating group) is 1. The van der Waals surface area contributed by atoms with E-state index in [1.807, 2.05) is 45.0 Å². The topological polar surface area (TPSA) is 69.7 Å². The summed E-state index contributed by atoms with van der Waals surface area (Å²) in [6.45, 7) is 4.29. The molecule has 1 heterocycles. The molecule has 29 heavy (non-hydrogen) atoms. The van der Waals surface area contributed by atoms with Gasteiger partial charge in [-0.1, -0.05) is 12.1 Å². The first kappa shape index (κ1) is 20.7. The van der Waals surface area contributed by atoms with Gasteiger partial charge in [-0.15, -0.1) is 0 Å². The standard InChI is InChI=1S/C23H27N3O3/c1-14-10-16(21(27)24-3)11-15(2)20(14)12-17(25(4)5)13-26-22(28)18-8-6-7-9-19(18)23(26)29/h6-11,17H,12-13H2,1-5H3,(H,24,27)/t17-/m0/s1. The van der Waals surface area contributed by atoms with Crippen molar-refractivity contribution in [1.82, 2.24) is 15.1 Å². The van der Waals surface area contributed by atoms with Crippen LogP contribution >= 0.6 is 0 Å². The minimum Gasteiger partial charge on any atom is -0.355 e. The number of fused-ring (bicyclic) bond motifs is 1. The fourth-order valence-electron chi connectivity index (χ4n) is 3.85. The third-order valence-corrected chi connectivity index (χ3v) is 5.63. The third kappa shape index (κ3) is 3.93. The van der Waals surface area contributed by atoms with Gasteiger partial charge in [0.2, 0.25) is 0 Å². The van der Waals surface area contributed by atoms with Crippen LogP contribution in [0.3, 0.4) is 0 Å². The Bertz CT molecular complexity index is 923. The zero-order valence-corrected chi connectivity index (χ0v) is 17.6. The SMILES string of the molecule is CNC(=O)c1cc(C)c(C[C@@H](CN2C(=O)c3ccccc3C2=O)N(C)C)c(C)c1. The first-order valence-electron chi connectivity index (χ1n) is 9.68. The Kier molecular flexibility index (Phi) is 5.84. The van der Waals surface area contributed by atoms with Crippen molar-refractivity contribution in [2.75, 3.05) is 27.7 Å². The molecule has 152 valence electrons. The Balaban J connectivity index is 1.85. The number of imide groups is 1. The Morgan fingerprint density at radius 2 is 1.55 bits per heavy atom. The fraction of sp³-hybridized carbons (Fsp3) is 0.348. The Morgan fingerprint density at radius 1 is 1.03 bits per heavy atom. The highest BCUT2D eigenvalue weighted by Crippen LogP contribution is 2.25. The number of nitrogens with zero attached hydrogens (tertiary/aromatic N) is 2. The zero-order chi connectivity index (χ0) is 21.3. The molecule has 2 aromatic rings. The van der Waals surface area contributed by atoms with Crippen LogP contribution in [-0.2, 0) is 6.42 Å². The van der Waals surface area contributed by atoms with Crippen molar-refractivity contribution in [3.8, 4) is 0 Å². The monoisotopic (exact) mass is 393 g/mol. The molecule has 3 amide bonds. The van der Waals surface area contributed by atoms with Crippen molar-refractivity contribution in [2.24, 2.45) is 0 Å². The maximum Gasteiger partial charge on any atom is 0.261 e. The van der Waals surface area contributed by atoms with E-state index < -0.39 is 0 Å². The highest BCUT2D eigenvalue weighted by Gasteiger charge is 2.36. The van der Waals surface area contributed by atoms with Crippen molar-refractivity contribution in [3.63, 3.8) is 0 Å². The molecule has 0 aromatic heterocycles. The predicted octanol–water partition coefficient (Wildman–Crippen LogP) is 2.43. The van der Waals surface area contributed by atoms with E-state index in [0.717, 1.165) is 16.7 Å². The van der Waals surface area contributed by atoms with Gasteiger partial charge in [-0.2, -0.15) is 0 Å². The summed E-state index contributed by atoms with van der Waals surface area (Å²) >= 11 is 0. The molecule has 0 spiro atoms. The lowest BCUT2D eigenvalue weighted by molar-refractivity contribution is 0.0611. The summed E-state index contributed by atoms with van der Waals surface area (Å²) in [6.07, 6.45) is 0.673. The molecule has 1 atom stereocenters. The third-order valence-electron chi connectivity index (χ3n) is 5.63. The highest BCUT2D eigenvalue weighted by molar-refractivity contribution is 6.21. The zero-order valence-electron chi connectivity index (χ0n) is 17.6. The average molecular weight is 393 g/mol. The van der Waals surface area contributed by atoms with Gasteiger partial charge >= 0.3 is 0 Å². The van der Waals surface area contributed by atoms with Crippen molar-refractivity contribution in [3.05, 3.63) is 69.8 Å². The average Bonchev–Trinajstić information content (AvgIpc) is 2.93. The number of amides is 3. The van der Waals surface area contributed by atoms with E-state index in [2.05, 4.69) is 5.32 Å². The minimum absolute atomic E-state index is 0.0412. The van der Waals surface area contributed by atoms with Crippen LogP contribution in [0.5, 0.6) is 0 Å². The molecular formula is C23H27N3O3. The largest absolute Gasteiger partial charge is 0.355 e. The Morgan fingerprint density at radius 3 is 2.00 bits per heavy atom. The van der Waals surface area contributed by atoms with E-state index in [1.54, 1.807) is 31.3 Å². The van der Waals surface area contributed by atoms with Crippen molar-refractivity contribution < 1.29 is 14.4 Å². The Labute approximate surface area is 171 Å². The number of benzene rings is 2. The van der Waals surface area contributed by atoms with E-state index in [-0.39, 0.29) is 23.8 Å². The summed E-state index contributed by atoms with van der Waals surface area (Å²) in [6, 6.07) is 10.7. The van der Waals surface area contributed by atoms with Crippen molar-refractivity contribution >= 4 is 17.7 Å². The lowest BCUT2D eigenvalue weighted by Gasteiger charge is -2.29. The van der Waals surface area contributed by atoms with Gasteiger partial charge in [0, 0.05) is 25.2 Å². The summed E-state index contributed by atoms with van der Waals surface area (Å²) in [5, 5.41) is 2.65. The van der Waals surface area contributed by atoms with Crippen LogP contribution in [0.4, 0.5) is 0 Å². The molecule has 0 saturated carbocycles. The smallest absolute Gasteiger partial charge is 0.261 e. The number of carbonyl (C=O) groups excluding carboxylic acids is 3. The molecule has 0 aliphatic carbocycles. The molecule has 6 nitrogen and oxygen atoms in total. The summed E-state index contributed by atoms with van der Waals surface area (Å²) in [7, 11) is 5.52. The second-order valence-electron chi connectivity index (χ2n) is 7.76. The van der Waals surface area contributed by atoms with Gasteiger partial charge in [0.05, 0.1) is 11.1 Å². The maximum atomic E-state index is 12.7. The Hall–Kier alpha value is -2.99. The molecule has 1 N–H and O–H groups in total. The number of aryl methyl sites for hydroxylation is 2. The number of carbonyl (C=O) groups is 3. The quantitative estimate of drug-likeness (QED) is 0.766. The molecule has 2 aromatic carbocycles. The molecule has 0 saturated heterocycles. The lowest BCUT2D eigenvalue weighted by Crippen LogP contribution is -2.44. The predicted molar refractivity (Wildman–Crippen MR) is 112 cm³/mol. The van der Waals surface area contributed by atoms with Crippen LogP contribution in [-0.4, -0.2) is 61.3 Å². The van der Waals surface area contributed by atoms with Gasteiger partial charge in [-0.05, 0) is 75.3 Å². The van der Waals surface area contributed by atoms with Gasteiger partial charge < -0.3 is 10.2 Å². The normalized spacial score (nSPS) is 14.3. The lowest BCUT2D eigenvalue weighted by atomic mass is 9.93. The molecule has 0 unspecified atom stereocenters. The van der Waals surface area contributed by atoms with Gasteiger partial charge in [0.1, 0.15) is 0 Å². The molecule has 1 aliphatic rings. The van der Waals surface area contributed by atoms with E-state index >= 15 is 0 Å². The van der Waals surface area contributed by atoms with E-state index in [9.17, 15) is 14.4 Å². The second-order valence-corrected chi connectivity index (χ2v) is 7.76. The summed E-state index contributed by atoms with van der Waals surface area (Å²) < 4.78 is 0. The number of rotatable bonds is 6. The molecule has 1 aliphatic heterocycles. The molecule has 6 heteroatoms. The second kappa shape index (κ2) is 8.17. The summed E-state index contributed by atoms with van der Waals surface area (Å²) in [4.78, 5) is 40.8. The molecule has 0 fully saturated rings. The van der Waals surface area contributed by atoms with Crippen molar-refractivity contribution in [2.45, 2.75) is 26.3 Å². The summed E-state index contributed by atoms with van der Waals surface area (Å²) in [5.74, 6) is -0.584. The van der Waals surface area contributed by atoms with E-state index in [4.69, 9.17) is 0 Å². The minimum atomic E-state index is -0.235. The van der Waals surface area contributed by atoms with Gasteiger partial charge in [0.25, 0.3) is 17.7 Å². The first-order valence-corrected chi connectivity index (χ1v) is 9.68. The number of hydrogen-bond acceptors (Lipinski definition) is 4. The molecule has 0 radical (unpaired) electrons. The van der Waals surface area contributed by atoms with Crippen LogP contribution in [0.15, 0.2) is 36.4 Å².